The minimum atomic E-state index is -0.858. The van der Waals surface area contributed by atoms with Gasteiger partial charge in [-0.25, -0.2) is 9.78 Å². The molecule has 1 unspecified atom stereocenters. The number of ether oxygens (including phenoxy) is 1. The highest BCUT2D eigenvalue weighted by molar-refractivity contribution is 7.81. The van der Waals surface area contributed by atoms with E-state index in [1.54, 1.807) is 24.0 Å². The van der Waals surface area contributed by atoms with E-state index < -0.39 is 12.2 Å². The van der Waals surface area contributed by atoms with Gasteiger partial charge in [0.15, 0.2) is 0 Å². The number of imidazole rings is 1. The van der Waals surface area contributed by atoms with Gasteiger partial charge < -0.3 is 19.3 Å². The third kappa shape index (κ3) is 2.99. The first-order valence-corrected chi connectivity index (χ1v) is 6.94. The maximum absolute atomic E-state index is 12.0. The molecule has 1 fully saturated rings. The zero-order chi connectivity index (χ0) is 14.7. The van der Waals surface area contributed by atoms with Crippen molar-refractivity contribution in [1.82, 2.24) is 14.5 Å². The van der Waals surface area contributed by atoms with Gasteiger partial charge in [-0.15, -0.1) is 0 Å². The number of amides is 1. The van der Waals surface area contributed by atoms with Crippen molar-refractivity contribution in [2.75, 3.05) is 13.2 Å². The van der Waals surface area contributed by atoms with Crippen LogP contribution in [0.2, 0.25) is 0 Å². The van der Waals surface area contributed by atoms with Crippen molar-refractivity contribution in [1.29, 1.82) is 0 Å². The Balaban J connectivity index is 2.13. The van der Waals surface area contributed by atoms with E-state index >= 15 is 0 Å². The van der Waals surface area contributed by atoms with Crippen LogP contribution in [-0.4, -0.2) is 50.1 Å². The number of hydrogen-bond acceptors (Lipinski definition) is 5. The second-order valence-electron chi connectivity index (χ2n) is 4.82. The maximum atomic E-state index is 12.0. The molecule has 1 N–H and O–H groups in total. The Morgan fingerprint density at radius 3 is 3.15 bits per heavy atom. The van der Waals surface area contributed by atoms with Crippen LogP contribution in [0.25, 0.3) is 0 Å². The van der Waals surface area contributed by atoms with Gasteiger partial charge in [-0.05, 0) is 6.42 Å². The highest BCUT2D eigenvalue weighted by atomic mass is 32.1. The number of carbonyl (C=O) groups excluding carboxylic acids is 1. The van der Waals surface area contributed by atoms with Gasteiger partial charge in [-0.2, -0.15) is 12.6 Å². The summed E-state index contributed by atoms with van der Waals surface area (Å²) in [7, 11) is 1.80. The molecule has 0 saturated carbocycles. The SMILES string of the molecule is C=CCOC(=O)N1C[C@@H](S)C[C@H]1C(O)c1nccn1C. The quantitative estimate of drug-likeness (QED) is 0.646. The lowest BCUT2D eigenvalue weighted by Crippen LogP contribution is -2.40. The average Bonchev–Trinajstić information content (AvgIpc) is 3.01. The van der Waals surface area contributed by atoms with E-state index in [1.165, 1.54) is 11.0 Å². The highest BCUT2D eigenvalue weighted by Gasteiger charge is 2.40. The van der Waals surface area contributed by atoms with Crippen LogP contribution in [0.3, 0.4) is 0 Å². The predicted octanol–water partition coefficient (Wildman–Crippen LogP) is 1.15. The van der Waals surface area contributed by atoms with Crippen LogP contribution in [0.1, 0.15) is 18.3 Å². The van der Waals surface area contributed by atoms with Gasteiger partial charge in [0.2, 0.25) is 0 Å². The summed E-state index contributed by atoms with van der Waals surface area (Å²) >= 11 is 4.41. The highest BCUT2D eigenvalue weighted by Crippen LogP contribution is 2.31. The van der Waals surface area contributed by atoms with E-state index in [1.807, 2.05) is 0 Å². The Hall–Kier alpha value is -1.47. The van der Waals surface area contributed by atoms with Crippen molar-refractivity contribution in [3.8, 4) is 0 Å². The third-order valence-corrected chi connectivity index (χ3v) is 3.74. The molecule has 0 spiro atoms. The monoisotopic (exact) mass is 297 g/mol. The molecule has 1 amide bonds. The van der Waals surface area contributed by atoms with Crippen LogP contribution in [-0.2, 0) is 11.8 Å². The first kappa shape index (κ1) is 14.9. The molecule has 1 aromatic rings. The molecule has 1 aliphatic rings. The summed E-state index contributed by atoms with van der Waals surface area (Å²) in [6.07, 6.45) is 4.16. The molecule has 0 radical (unpaired) electrons. The van der Waals surface area contributed by atoms with Crippen molar-refractivity contribution in [3.05, 3.63) is 30.9 Å². The molecule has 110 valence electrons. The van der Waals surface area contributed by atoms with Crippen LogP contribution in [0, 0.1) is 0 Å². The maximum Gasteiger partial charge on any atom is 0.410 e. The average molecular weight is 297 g/mol. The number of likely N-dealkylation sites (tertiary alicyclic amines) is 1. The van der Waals surface area contributed by atoms with Crippen molar-refractivity contribution < 1.29 is 14.6 Å². The van der Waals surface area contributed by atoms with Gasteiger partial charge in [-0.3, -0.25) is 0 Å². The van der Waals surface area contributed by atoms with Crippen LogP contribution in [0.5, 0.6) is 0 Å². The molecule has 3 atom stereocenters. The molecule has 20 heavy (non-hydrogen) atoms. The van der Waals surface area contributed by atoms with Crippen molar-refractivity contribution in [2.45, 2.75) is 23.8 Å². The Bertz CT molecular complexity index is 491. The molecule has 1 saturated heterocycles. The molecule has 0 aromatic carbocycles. The van der Waals surface area contributed by atoms with Gasteiger partial charge in [0.25, 0.3) is 0 Å². The number of rotatable bonds is 4. The lowest BCUT2D eigenvalue weighted by Gasteiger charge is -2.27. The summed E-state index contributed by atoms with van der Waals surface area (Å²) in [5.74, 6) is 0.527. The van der Waals surface area contributed by atoms with Crippen molar-refractivity contribution >= 4 is 18.7 Å². The van der Waals surface area contributed by atoms with E-state index in [0.29, 0.717) is 18.8 Å². The Labute approximate surface area is 123 Å². The predicted molar refractivity (Wildman–Crippen MR) is 77.6 cm³/mol. The van der Waals surface area contributed by atoms with E-state index in [0.717, 1.165) is 0 Å². The van der Waals surface area contributed by atoms with Crippen LogP contribution >= 0.6 is 12.6 Å². The first-order valence-electron chi connectivity index (χ1n) is 6.42. The van der Waals surface area contributed by atoms with Crippen molar-refractivity contribution in [2.24, 2.45) is 7.05 Å². The van der Waals surface area contributed by atoms with Gasteiger partial charge in [0.05, 0.1) is 6.04 Å². The van der Waals surface area contributed by atoms with Crippen molar-refractivity contribution in [3.63, 3.8) is 0 Å². The lowest BCUT2D eigenvalue weighted by molar-refractivity contribution is 0.0497. The van der Waals surface area contributed by atoms with E-state index in [2.05, 4.69) is 24.2 Å². The fourth-order valence-electron chi connectivity index (χ4n) is 2.40. The second-order valence-corrected chi connectivity index (χ2v) is 5.55. The molecule has 0 bridgehead atoms. The second kappa shape index (κ2) is 6.32. The Kier molecular flexibility index (Phi) is 4.72. The van der Waals surface area contributed by atoms with Gasteiger partial charge >= 0.3 is 6.09 Å². The summed E-state index contributed by atoms with van der Waals surface area (Å²) < 4.78 is 6.79. The number of thiol groups is 1. The smallest absolute Gasteiger partial charge is 0.410 e. The molecule has 7 heteroatoms. The normalized spacial score (nSPS) is 23.6. The van der Waals surface area contributed by atoms with Gasteiger partial charge in [0.1, 0.15) is 18.5 Å². The van der Waals surface area contributed by atoms with Crippen LogP contribution < -0.4 is 0 Å². The zero-order valence-electron chi connectivity index (χ0n) is 11.3. The fraction of sp³-hybridized carbons (Fsp3) is 0.538. The summed E-state index contributed by atoms with van der Waals surface area (Å²) in [6.45, 7) is 4.11. The third-order valence-electron chi connectivity index (χ3n) is 3.37. The number of aliphatic hydroxyl groups is 1. The number of hydrogen-bond donors (Lipinski definition) is 2. The van der Waals surface area contributed by atoms with Gasteiger partial charge in [0, 0.05) is 31.2 Å². The Morgan fingerprint density at radius 2 is 2.55 bits per heavy atom. The van der Waals surface area contributed by atoms with Crippen LogP contribution in [0.4, 0.5) is 4.79 Å². The minimum absolute atomic E-state index is 0.0196. The number of aryl methyl sites for hydroxylation is 1. The summed E-state index contributed by atoms with van der Waals surface area (Å²) in [5, 5.41) is 10.5. The largest absolute Gasteiger partial charge is 0.445 e. The summed E-state index contributed by atoms with van der Waals surface area (Å²) in [5.41, 5.74) is 0. The zero-order valence-corrected chi connectivity index (χ0v) is 12.2. The Morgan fingerprint density at radius 1 is 1.80 bits per heavy atom. The molecular formula is C13H19N3O3S. The van der Waals surface area contributed by atoms with E-state index in [-0.39, 0.29) is 17.9 Å². The number of nitrogens with zero attached hydrogens (tertiary/aromatic N) is 3. The molecule has 1 aliphatic heterocycles. The number of aliphatic hydroxyl groups excluding tert-OH is 1. The van der Waals surface area contributed by atoms with E-state index in [4.69, 9.17) is 4.74 Å². The first-order chi connectivity index (χ1) is 9.54. The molecule has 1 aromatic heterocycles. The van der Waals surface area contributed by atoms with Gasteiger partial charge in [-0.1, -0.05) is 12.7 Å². The molecular weight excluding hydrogens is 278 g/mol. The summed E-state index contributed by atoms with van der Waals surface area (Å²) in [6, 6.07) is -0.379. The number of aromatic nitrogens is 2. The molecule has 2 heterocycles. The molecule has 2 rings (SSSR count). The number of carbonyl (C=O) groups is 1. The van der Waals surface area contributed by atoms with Crippen LogP contribution in [0.15, 0.2) is 25.0 Å². The summed E-state index contributed by atoms with van der Waals surface area (Å²) in [4.78, 5) is 17.7. The molecule has 6 nitrogen and oxygen atoms in total. The topological polar surface area (TPSA) is 67.6 Å². The fourth-order valence-corrected chi connectivity index (χ4v) is 2.79. The van der Waals surface area contributed by atoms with E-state index in [9.17, 15) is 9.90 Å². The standard InChI is InChI=1S/C13H19N3O3S/c1-3-6-19-13(18)16-8-9(20)7-10(16)11(17)12-14-4-5-15(12)2/h3-5,9-11,17,20H,1,6-8H2,2H3/t9-,10-,11?/m0/s1. The molecule has 0 aliphatic carbocycles. The minimum Gasteiger partial charge on any atom is -0.445 e. The lowest BCUT2D eigenvalue weighted by atomic mass is 10.1.